The monoisotopic (exact) mass is 288 g/mol. The maximum atomic E-state index is 11.8. The number of nitrogens with zero attached hydrogens (tertiary/aromatic N) is 3. The maximum Gasteiger partial charge on any atom is 0.278 e. The van der Waals surface area contributed by atoms with Gasteiger partial charge in [0.2, 0.25) is 5.88 Å². The molecule has 0 spiro atoms. The summed E-state index contributed by atoms with van der Waals surface area (Å²) in [6, 6.07) is 7.32. The van der Waals surface area contributed by atoms with E-state index in [0.29, 0.717) is 18.9 Å². The van der Waals surface area contributed by atoms with Gasteiger partial charge in [0, 0.05) is 18.5 Å². The highest BCUT2D eigenvalue weighted by Gasteiger charge is 2.14. The number of aromatic hydroxyl groups is 1. The van der Waals surface area contributed by atoms with Crippen molar-refractivity contribution >= 4 is 22.5 Å². The minimum atomic E-state index is -0.332. The molecule has 0 aliphatic carbocycles. The van der Waals surface area contributed by atoms with Gasteiger partial charge in [0.25, 0.3) is 5.91 Å². The van der Waals surface area contributed by atoms with Crippen LogP contribution in [0.2, 0.25) is 0 Å². The van der Waals surface area contributed by atoms with Gasteiger partial charge in [-0.2, -0.15) is 0 Å². The quantitative estimate of drug-likeness (QED) is 0.843. The van der Waals surface area contributed by atoms with E-state index in [1.54, 1.807) is 0 Å². The third-order valence-corrected chi connectivity index (χ3v) is 3.38. The van der Waals surface area contributed by atoms with Gasteiger partial charge in [-0.15, -0.1) is 10.2 Å². The molecule has 3 rings (SSSR count). The van der Waals surface area contributed by atoms with Crippen molar-refractivity contribution in [3.8, 4) is 5.88 Å². The number of carbonyl (C=O) groups is 1. The normalized spacial score (nSPS) is 16.8. The number of amides is 1. The number of hydrogen-bond acceptors (Lipinski definition) is 5. The van der Waals surface area contributed by atoms with Crippen LogP contribution in [0.3, 0.4) is 0 Å². The maximum absolute atomic E-state index is 11.8. The Bertz CT molecular complexity index is 674. The topological polar surface area (TPSA) is 90.3 Å². The molecule has 2 aromatic rings. The zero-order valence-corrected chi connectivity index (χ0v) is 11.5. The van der Waals surface area contributed by atoms with Crippen LogP contribution in [-0.4, -0.2) is 53.7 Å². The zero-order chi connectivity index (χ0) is 14.7. The largest absolute Gasteiger partial charge is 0.493 e. The molecule has 7 heteroatoms. The third kappa shape index (κ3) is 3.09. The predicted octanol–water partition coefficient (Wildman–Crippen LogP) is 1.82. The summed E-state index contributed by atoms with van der Waals surface area (Å²) in [6.07, 6.45) is 0. The van der Waals surface area contributed by atoms with E-state index in [9.17, 15) is 9.90 Å². The summed E-state index contributed by atoms with van der Waals surface area (Å²) in [7, 11) is 0. The van der Waals surface area contributed by atoms with E-state index in [2.05, 4.69) is 15.2 Å². The fourth-order valence-corrected chi connectivity index (χ4v) is 2.30. The molecule has 0 radical (unpaired) electrons. The summed E-state index contributed by atoms with van der Waals surface area (Å²) in [4.78, 5) is 16.6. The number of aromatic nitrogens is 1. The van der Waals surface area contributed by atoms with Crippen molar-refractivity contribution in [3.63, 3.8) is 0 Å². The Kier molecular flexibility index (Phi) is 3.94. The lowest BCUT2D eigenvalue weighted by Crippen LogP contribution is -2.39. The van der Waals surface area contributed by atoms with Crippen LogP contribution < -0.4 is 0 Å². The molecule has 0 bridgehead atoms. The molecule has 1 aliphatic heterocycles. The zero-order valence-electron chi connectivity index (χ0n) is 11.5. The van der Waals surface area contributed by atoms with Gasteiger partial charge in [-0.3, -0.25) is 9.69 Å². The number of nitrogens with one attached hydrogen (secondary N) is 1. The van der Waals surface area contributed by atoms with Gasteiger partial charge < -0.3 is 14.8 Å². The summed E-state index contributed by atoms with van der Waals surface area (Å²) >= 11 is 0. The Labute approximate surface area is 121 Å². The molecule has 2 heterocycles. The second kappa shape index (κ2) is 6.02. The second-order valence-corrected chi connectivity index (χ2v) is 4.85. The summed E-state index contributed by atoms with van der Waals surface area (Å²) < 4.78 is 5.22. The number of rotatable bonds is 3. The number of benzene rings is 1. The first-order valence-corrected chi connectivity index (χ1v) is 6.78. The number of aromatic amines is 1. The third-order valence-electron chi connectivity index (χ3n) is 3.38. The van der Waals surface area contributed by atoms with E-state index >= 15 is 0 Å². The number of morpholine rings is 1. The number of fused-ring (bicyclic) bond motifs is 1. The van der Waals surface area contributed by atoms with Crippen molar-refractivity contribution in [2.45, 2.75) is 0 Å². The van der Waals surface area contributed by atoms with Gasteiger partial charge in [0.15, 0.2) is 5.69 Å². The Morgan fingerprint density at radius 1 is 1.33 bits per heavy atom. The van der Waals surface area contributed by atoms with E-state index < -0.39 is 0 Å². The Morgan fingerprint density at radius 3 is 2.90 bits per heavy atom. The molecule has 1 amide bonds. The first-order valence-electron chi connectivity index (χ1n) is 6.78. The van der Waals surface area contributed by atoms with Crippen LogP contribution in [-0.2, 0) is 9.53 Å². The molecule has 0 saturated carbocycles. The fraction of sp³-hybridized carbons (Fsp3) is 0.357. The van der Waals surface area contributed by atoms with Crippen LogP contribution in [0.1, 0.15) is 0 Å². The molecule has 1 aromatic carbocycles. The van der Waals surface area contributed by atoms with Crippen LogP contribution in [0, 0.1) is 0 Å². The van der Waals surface area contributed by atoms with Gasteiger partial charge in [-0.05, 0) is 6.07 Å². The van der Waals surface area contributed by atoms with Crippen molar-refractivity contribution < 1.29 is 14.6 Å². The molecule has 110 valence electrons. The van der Waals surface area contributed by atoms with Gasteiger partial charge in [-0.1, -0.05) is 18.2 Å². The number of hydrogen-bond donors (Lipinski definition) is 2. The molecule has 7 nitrogen and oxygen atoms in total. The molecule has 0 unspecified atom stereocenters. The van der Waals surface area contributed by atoms with Gasteiger partial charge in [0.05, 0.1) is 25.3 Å². The van der Waals surface area contributed by atoms with Gasteiger partial charge >= 0.3 is 0 Å². The number of para-hydroxylation sites is 1. The second-order valence-electron chi connectivity index (χ2n) is 4.85. The van der Waals surface area contributed by atoms with Gasteiger partial charge in [0.1, 0.15) is 0 Å². The number of carbonyl (C=O) groups excluding carboxylic acids is 1. The minimum Gasteiger partial charge on any atom is -0.493 e. The molecule has 1 fully saturated rings. The minimum absolute atomic E-state index is 0.0841. The summed E-state index contributed by atoms with van der Waals surface area (Å²) in [5.74, 6) is -0.416. The van der Waals surface area contributed by atoms with Crippen molar-refractivity contribution in [1.29, 1.82) is 0 Å². The molecular weight excluding hydrogens is 272 g/mol. The highest BCUT2D eigenvalue weighted by atomic mass is 16.5. The Balaban J connectivity index is 1.72. The lowest BCUT2D eigenvalue weighted by Gasteiger charge is -2.24. The lowest BCUT2D eigenvalue weighted by molar-refractivity contribution is -0.120. The van der Waals surface area contributed by atoms with Crippen LogP contribution in [0.5, 0.6) is 5.88 Å². The van der Waals surface area contributed by atoms with E-state index in [4.69, 9.17) is 4.74 Å². The molecule has 2 N–H and O–H groups in total. The SMILES string of the molecule is O=C(CN1CCOCC1)N=Nc1c(O)[nH]c2ccccc12. The van der Waals surface area contributed by atoms with E-state index in [0.717, 1.165) is 24.0 Å². The van der Waals surface area contributed by atoms with Crippen molar-refractivity contribution in [1.82, 2.24) is 9.88 Å². The van der Waals surface area contributed by atoms with E-state index in [1.807, 2.05) is 29.2 Å². The molecule has 0 atom stereocenters. The Hall–Kier alpha value is -2.25. The highest BCUT2D eigenvalue weighted by molar-refractivity contribution is 5.94. The van der Waals surface area contributed by atoms with Crippen LogP contribution in [0.25, 0.3) is 10.9 Å². The number of azo groups is 1. The summed E-state index contributed by atoms with van der Waals surface area (Å²) in [5, 5.41) is 18.1. The molecular formula is C14H16N4O3. The summed E-state index contributed by atoms with van der Waals surface area (Å²) in [5.41, 5.74) is 1.05. The smallest absolute Gasteiger partial charge is 0.278 e. The standard InChI is InChI=1S/C14H16N4O3/c19-12(9-18-5-7-21-8-6-18)16-17-13-10-3-1-2-4-11(10)15-14(13)20/h1-4,15,20H,5-9H2. The van der Waals surface area contributed by atoms with Crippen molar-refractivity contribution in [2.24, 2.45) is 10.2 Å². The van der Waals surface area contributed by atoms with Crippen LogP contribution in [0.4, 0.5) is 5.69 Å². The first kappa shape index (κ1) is 13.7. The number of H-pyrrole nitrogens is 1. The predicted molar refractivity (Wildman–Crippen MR) is 76.7 cm³/mol. The number of ether oxygens (including phenoxy) is 1. The highest BCUT2D eigenvalue weighted by Crippen LogP contribution is 2.35. The first-order chi connectivity index (χ1) is 10.2. The summed E-state index contributed by atoms with van der Waals surface area (Å²) in [6.45, 7) is 2.93. The average molecular weight is 288 g/mol. The van der Waals surface area contributed by atoms with Gasteiger partial charge in [-0.25, -0.2) is 0 Å². The lowest BCUT2D eigenvalue weighted by atomic mass is 10.2. The van der Waals surface area contributed by atoms with E-state index in [-0.39, 0.29) is 18.3 Å². The Morgan fingerprint density at radius 2 is 2.10 bits per heavy atom. The fourth-order valence-electron chi connectivity index (χ4n) is 2.30. The molecule has 1 aromatic heterocycles. The average Bonchev–Trinajstić information content (AvgIpc) is 2.81. The van der Waals surface area contributed by atoms with Crippen molar-refractivity contribution in [3.05, 3.63) is 24.3 Å². The van der Waals surface area contributed by atoms with E-state index in [1.165, 1.54) is 0 Å². The van der Waals surface area contributed by atoms with Crippen LogP contribution in [0.15, 0.2) is 34.5 Å². The molecule has 21 heavy (non-hydrogen) atoms. The van der Waals surface area contributed by atoms with Crippen molar-refractivity contribution in [2.75, 3.05) is 32.8 Å². The molecule has 1 saturated heterocycles. The molecule has 1 aliphatic rings. The van der Waals surface area contributed by atoms with Crippen LogP contribution >= 0.6 is 0 Å².